The average Bonchev–Trinajstić information content (AvgIpc) is 2.27. The number of hydrogen-bond acceptors (Lipinski definition) is 2. The van der Waals surface area contributed by atoms with Crippen molar-refractivity contribution in [2.45, 2.75) is 25.3 Å². The zero-order valence-electron chi connectivity index (χ0n) is 9.98. The van der Waals surface area contributed by atoms with Gasteiger partial charge in [-0.25, -0.2) is 0 Å². The summed E-state index contributed by atoms with van der Waals surface area (Å²) in [6.45, 7) is 2.29. The largest absolute Gasteiger partial charge is 0.371 e. The van der Waals surface area contributed by atoms with Crippen LogP contribution in [0.15, 0.2) is 24.3 Å². The first kappa shape index (κ1) is 11.4. The van der Waals surface area contributed by atoms with E-state index in [9.17, 15) is 0 Å². The van der Waals surface area contributed by atoms with Crippen LogP contribution in [0.2, 0.25) is 5.02 Å². The number of hydrogen-bond donors (Lipinski definition) is 1. The molecule has 1 heterocycles. The van der Waals surface area contributed by atoms with Gasteiger partial charge in [0.05, 0.1) is 0 Å². The van der Waals surface area contributed by atoms with E-state index in [0.29, 0.717) is 6.04 Å². The highest BCUT2D eigenvalue weighted by atomic mass is 35.5. The van der Waals surface area contributed by atoms with Crippen molar-refractivity contribution in [1.82, 2.24) is 0 Å². The maximum Gasteiger partial charge on any atom is 0.0426 e. The Morgan fingerprint density at radius 2 is 1.82 bits per heavy atom. The van der Waals surface area contributed by atoms with Crippen molar-refractivity contribution >= 4 is 17.3 Å². The predicted molar refractivity (Wildman–Crippen MR) is 72.5 cm³/mol. The van der Waals surface area contributed by atoms with E-state index in [-0.39, 0.29) is 0 Å². The number of piperidine rings is 1. The molecule has 0 aromatic heterocycles. The first-order valence-electron chi connectivity index (χ1n) is 6.47. The van der Waals surface area contributed by atoms with E-state index in [1.54, 1.807) is 0 Å². The smallest absolute Gasteiger partial charge is 0.0426 e. The molecule has 92 valence electrons. The number of anilines is 1. The Hall–Kier alpha value is -0.730. The fourth-order valence-corrected chi connectivity index (χ4v) is 3.68. The Kier molecular flexibility index (Phi) is 3.01. The molecule has 1 saturated carbocycles. The molecule has 1 saturated heterocycles. The Labute approximate surface area is 108 Å². The third-order valence-corrected chi connectivity index (χ3v) is 4.30. The number of rotatable bonds is 1. The van der Waals surface area contributed by atoms with Gasteiger partial charge in [-0.1, -0.05) is 17.7 Å². The molecule has 17 heavy (non-hydrogen) atoms. The van der Waals surface area contributed by atoms with Gasteiger partial charge in [0.15, 0.2) is 0 Å². The number of benzene rings is 1. The van der Waals surface area contributed by atoms with Gasteiger partial charge in [-0.05, 0) is 49.3 Å². The zero-order chi connectivity index (χ0) is 11.8. The number of nitrogens with zero attached hydrogens (tertiary/aromatic N) is 1. The van der Waals surface area contributed by atoms with Crippen LogP contribution in [0.1, 0.15) is 19.3 Å². The minimum atomic E-state index is 0.431. The van der Waals surface area contributed by atoms with Gasteiger partial charge in [0.25, 0.3) is 0 Å². The molecule has 2 bridgehead atoms. The maximum atomic E-state index is 6.09. The quantitative estimate of drug-likeness (QED) is 0.831. The summed E-state index contributed by atoms with van der Waals surface area (Å²) < 4.78 is 0. The summed E-state index contributed by atoms with van der Waals surface area (Å²) in [6.07, 6.45) is 3.74. The van der Waals surface area contributed by atoms with E-state index < -0.39 is 0 Å². The van der Waals surface area contributed by atoms with Gasteiger partial charge in [0, 0.05) is 29.8 Å². The number of halogens is 1. The van der Waals surface area contributed by atoms with Crippen LogP contribution in [0.25, 0.3) is 0 Å². The molecule has 1 aromatic rings. The summed E-state index contributed by atoms with van der Waals surface area (Å²) in [5.74, 6) is 1.55. The van der Waals surface area contributed by atoms with Gasteiger partial charge in [0.1, 0.15) is 0 Å². The molecule has 0 amide bonds. The van der Waals surface area contributed by atoms with Gasteiger partial charge in [-0.2, -0.15) is 0 Å². The molecule has 1 aliphatic heterocycles. The molecule has 0 radical (unpaired) electrons. The standard InChI is InChI=1S/C14H19ClN2/c15-12-2-1-3-14(7-12)17-8-10-4-11(9-17)6-13(16)5-10/h1-3,7,10-11,13H,4-6,8-9,16H2. The fraction of sp³-hybridized carbons (Fsp3) is 0.571. The molecule has 2 nitrogen and oxygen atoms in total. The van der Waals surface area contributed by atoms with E-state index in [1.165, 1.54) is 24.9 Å². The Morgan fingerprint density at radius 1 is 1.12 bits per heavy atom. The van der Waals surface area contributed by atoms with Crippen LogP contribution in [0, 0.1) is 11.8 Å². The zero-order valence-corrected chi connectivity index (χ0v) is 10.7. The Bertz CT molecular complexity index is 389. The number of fused-ring (bicyclic) bond motifs is 2. The molecule has 3 heteroatoms. The molecule has 2 fully saturated rings. The molecule has 0 spiro atoms. The topological polar surface area (TPSA) is 29.3 Å². The summed E-state index contributed by atoms with van der Waals surface area (Å²) in [7, 11) is 0. The van der Waals surface area contributed by atoms with E-state index in [4.69, 9.17) is 17.3 Å². The summed E-state index contributed by atoms with van der Waals surface area (Å²) in [5, 5.41) is 0.829. The van der Waals surface area contributed by atoms with Crippen LogP contribution < -0.4 is 10.6 Å². The van der Waals surface area contributed by atoms with Crippen LogP contribution in [0.3, 0.4) is 0 Å². The number of nitrogens with two attached hydrogens (primary N) is 1. The molecule has 2 N–H and O–H groups in total. The van der Waals surface area contributed by atoms with Crippen molar-refractivity contribution in [1.29, 1.82) is 0 Å². The molecule has 2 unspecified atom stereocenters. The van der Waals surface area contributed by atoms with Crippen LogP contribution in [-0.2, 0) is 0 Å². The van der Waals surface area contributed by atoms with Crippen molar-refractivity contribution in [2.24, 2.45) is 17.6 Å². The second kappa shape index (κ2) is 4.51. The highest BCUT2D eigenvalue weighted by molar-refractivity contribution is 6.30. The van der Waals surface area contributed by atoms with Crippen molar-refractivity contribution in [2.75, 3.05) is 18.0 Å². The van der Waals surface area contributed by atoms with Crippen molar-refractivity contribution in [3.05, 3.63) is 29.3 Å². The lowest BCUT2D eigenvalue weighted by atomic mass is 9.75. The van der Waals surface area contributed by atoms with Crippen LogP contribution in [0.4, 0.5) is 5.69 Å². The summed E-state index contributed by atoms with van der Waals surface area (Å²) in [5.41, 5.74) is 7.36. The van der Waals surface area contributed by atoms with Crippen molar-refractivity contribution < 1.29 is 0 Å². The maximum absolute atomic E-state index is 6.09. The lowest BCUT2D eigenvalue weighted by Gasteiger charge is -2.44. The highest BCUT2D eigenvalue weighted by Gasteiger charge is 2.33. The normalized spacial score (nSPS) is 32.6. The highest BCUT2D eigenvalue weighted by Crippen LogP contribution is 2.36. The van der Waals surface area contributed by atoms with Crippen LogP contribution in [0.5, 0.6) is 0 Å². The van der Waals surface area contributed by atoms with Crippen molar-refractivity contribution in [3.8, 4) is 0 Å². The molecule has 2 aliphatic rings. The molecule has 3 rings (SSSR count). The monoisotopic (exact) mass is 250 g/mol. The van der Waals surface area contributed by atoms with Gasteiger partial charge >= 0.3 is 0 Å². The van der Waals surface area contributed by atoms with E-state index in [0.717, 1.165) is 29.9 Å². The average molecular weight is 251 g/mol. The van der Waals surface area contributed by atoms with Crippen molar-refractivity contribution in [3.63, 3.8) is 0 Å². The Balaban J connectivity index is 1.78. The summed E-state index contributed by atoms with van der Waals surface area (Å²) in [4.78, 5) is 2.48. The minimum absolute atomic E-state index is 0.431. The summed E-state index contributed by atoms with van der Waals surface area (Å²) in [6, 6.07) is 8.63. The molecule has 1 aliphatic carbocycles. The third kappa shape index (κ3) is 2.43. The van der Waals surface area contributed by atoms with Gasteiger partial charge < -0.3 is 10.6 Å². The van der Waals surface area contributed by atoms with Crippen LogP contribution >= 0.6 is 11.6 Å². The lowest BCUT2D eigenvalue weighted by molar-refractivity contribution is 0.208. The molecular weight excluding hydrogens is 232 g/mol. The predicted octanol–water partition coefficient (Wildman–Crippen LogP) is 2.90. The van der Waals surface area contributed by atoms with E-state index >= 15 is 0 Å². The first-order chi connectivity index (χ1) is 8.20. The fourth-order valence-electron chi connectivity index (χ4n) is 3.50. The SMILES string of the molecule is NC1CC2CC(C1)CN(c1cccc(Cl)c1)C2. The molecule has 2 atom stereocenters. The van der Waals surface area contributed by atoms with Gasteiger partial charge in [-0.3, -0.25) is 0 Å². The Morgan fingerprint density at radius 3 is 2.47 bits per heavy atom. The van der Waals surface area contributed by atoms with Crippen LogP contribution in [-0.4, -0.2) is 19.1 Å². The third-order valence-electron chi connectivity index (χ3n) is 4.07. The minimum Gasteiger partial charge on any atom is -0.371 e. The van der Waals surface area contributed by atoms with Gasteiger partial charge in [0.2, 0.25) is 0 Å². The molecule has 1 aromatic carbocycles. The first-order valence-corrected chi connectivity index (χ1v) is 6.84. The molecular formula is C14H19ClN2. The second-order valence-corrected chi connectivity index (χ2v) is 6.02. The lowest BCUT2D eigenvalue weighted by Crippen LogP contribution is -2.47. The summed E-state index contributed by atoms with van der Waals surface area (Å²) >= 11 is 6.06. The second-order valence-electron chi connectivity index (χ2n) is 5.58. The van der Waals surface area contributed by atoms with E-state index in [1.807, 2.05) is 12.1 Å². The van der Waals surface area contributed by atoms with Gasteiger partial charge in [-0.15, -0.1) is 0 Å². The van der Waals surface area contributed by atoms with E-state index in [2.05, 4.69) is 17.0 Å².